The number of ketones is 1. The van der Waals surface area contributed by atoms with E-state index < -0.39 is 0 Å². The van der Waals surface area contributed by atoms with E-state index in [0.29, 0.717) is 11.9 Å². The topological polar surface area (TPSA) is 21.4 Å². The molecule has 0 fully saturated rings. The summed E-state index contributed by atoms with van der Waals surface area (Å²) in [6.45, 7) is 7.34. The molecule has 19 heavy (non-hydrogen) atoms. The Bertz CT molecular complexity index is 456. The van der Waals surface area contributed by atoms with Gasteiger partial charge in [0, 0.05) is 15.9 Å². The lowest BCUT2D eigenvalue weighted by Gasteiger charge is -2.15. The molecule has 0 amide bonds. The molecule has 0 radical (unpaired) electrons. The number of carbonyl (C=O) groups excluding carboxylic acids is 1. The number of halogens is 2. The molecule has 4 heteroatoms. The van der Waals surface area contributed by atoms with E-state index in [0.717, 1.165) is 34.8 Å². The van der Waals surface area contributed by atoms with Crippen molar-refractivity contribution in [1.82, 2.24) is 0 Å². The molecule has 0 aliphatic rings. The average Bonchev–Trinajstić information content (AvgIpc) is 2.42. The van der Waals surface area contributed by atoms with E-state index in [9.17, 15) is 4.79 Å². The summed E-state index contributed by atoms with van der Waals surface area (Å²) in [5.74, 6) is 0.231. The largest absolute Gasteiger partial charge is 0.317 e. The van der Waals surface area contributed by atoms with Crippen LogP contribution in [0, 0.1) is 10.1 Å². The van der Waals surface area contributed by atoms with Crippen molar-refractivity contribution in [2.24, 2.45) is 0 Å². The van der Waals surface area contributed by atoms with Gasteiger partial charge in [0.2, 0.25) is 6.54 Å². The SMILES string of the molecule is [C-]#[N+]CCCCCC(C(=O)CBr)c1cccc(I)c1. The molecule has 0 aliphatic heterocycles. The predicted molar refractivity (Wildman–Crippen MR) is 90.6 cm³/mol. The molecule has 0 spiro atoms. The van der Waals surface area contributed by atoms with Crippen LogP contribution in [0.4, 0.5) is 0 Å². The molecule has 0 N–H and O–H groups in total. The van der Waals surface area contributed by atoms with Gasteiger partial charge in [0.1, 0.15) is 0 Å². The molecule has 0 saturated heterocycles. The van der Waals surface area contributed by atoms with Crippen LogP contribution in [0.5, 0.6) is 0 Å². The van der Waals surface area contributed by atoms with E-state index in [-0.39, 0.29) is 11.7 Å². The van der Waals surface area contributed by atoms with Crippen LogP contribution in [0.25, 0.3) is 4.85 Å². The van der Waals surface area contributed by atoms with Crippen molar-refractivity contribution in [3.8, 4) is 0 Å². The third kappa shape index (κ3) is 6.05. The Morgan fingerprint density at radius 1 is 1.37 bits per heavy atom. The van der Waals surface area contributed by atoms with Gasteiger partial charge in [-0.05, 0) is 53.1 Å². The first-order valence-corrected chi connectivity index (χ1v) is 8.56. The van der Waals surface area contributed by atoms with E-state index in [1.165, 1.54) is 0 Å². The van der Waals surface area contributed by atoms with Gasteiger partial charge >= 0.3 is 0 Å². The quantitative estimate of drug-likeness (QED) is 0.249. The van der Waals surface area contributed by atoms with Crippen molar-refractivity contribution in [2.75, 3.05) is 11.9 Å². The number of rotatable bonds is 8. The van der Waals surface area contributed by atoms with Crippen LogP contribution >= 0.6 is 38.5 Å². The third-order valence-corrected chi connectivity index (χ3v) is 4.26. The molecule has 0 saturated carbocycles. The lowest BCUT2D eigenvalue weighted by Crippen LogP contribution is -2.14. The Hall–Kier alpha value is -0.410. The van der Waals surface area contributed by atoms with Crippen molar-refractivity contribution < 1.29 is 4.79 Å². The monoisotopic (exact) mass is 433 g/mol. The van der Waals surface area contributed by atoms with Crippen LogP contribution in [0.1, 0.15) is 37.2 Å². The number of hydrogen-bond donors (Lipinski definition) is 0. The zero-order valence-corrected chi connectivity index (χ0v) is 14.5. The van der Waals surface area contributed by atoms with Crippen molar-refractivity contribution in [2.45, 2.75) is 31.6 Å². The van der Waals surface area contributed by atoms with Crippen molar-refractivity contribution >= 4 is 44.3 Å². The maximum Gasteiger partial charge on any atom is 0.214 e. The zero-order valence-electron chi connectivity index (χ0n) is 10.7. The second kappa shape index (κ2) is 9.49. The average molecular weight is 434 g/mol. The molecule has 0 heterocycles. The molecule has 0 aromatic heterocycles. The molecule has 0 bridgehead atoms. The van der Waals surface area contributed by atoms with E-state index >= 15 is 0 Å². The summed E-state index contributed by atoms with van der Waals surface area (Å²) in [7, 11) is 0. The minimum absolute atomic E-state index is 0.0120. The standard InChI is InChI=1S/C15H17BrINO/c1-18-9-4-2-3-8-14(15(19)11-16)12-6-5-7-13(17)10-12/h5-7,10,14H,2-4,8-9,11H2. The Morgan fingerprint density at radius 3 is 2.79 bits per heavy atom. The summed E-state index contributed by atoms with van der Waals surface area (Å²) >= 11 is 5.55. The van der Waals surface area contributed by atoms with E-state index in [1.807, 2.05) is 18.2 Å². The summed E-state index contributed by atoms with van der Waals surface area (Å²) in [5.41, 5.74) is 1.11. The summed E-state index contributed by atoms with van der Waals surface area (Å²) < 4.78 is 1.16. The number of hydrogen-bond acceptors (Lipinski definition) is 1. The van der Waals surface area contributed by atoms with E-state index in [2.05, 4.69) is 49.4 Å². The van der Waals surface area contributed by atoms with Crippen LogP contribution in [-0.4, -0.2) is 17.7 Å². The number of carbonyl (C=O) groups is 1. The first kappa shape index (κ1) is 16.6. The van der Waals surface area contributed by atoms with Gasteiger partial charge in [0.25, 0.3) is 0 Å². The Kier molecular flexibility index (Phi) is 8.31. The van der Waals surface area contributed by atoms with Gasteiger partial charge in [-0.1, -0.05) is 34.5 Å². The van der Waals surface area contributed by atoms with Crippen LogP contribution < -0.4 is 0 Å². The van der Waals surface area contributed by atoms with Gasteiger partial charge < -0.3 is 4.85 Å². The Morgan fingerprint density at radius 2 is 2.16 bits per heavy atom. The molecule has 1 unspecified atom stereocenters. The molecular formula is C15H17BrINO. The molecule has 1 atom stereocenters. The van der Waals surface area contributed by atoms with E-state index in [1.54, 1.807) is 0 Å². The van der Waals surface area contributed by atoms with Gasteiger partial charge in [0.05, 0.1) is 5.33 Å². The van der Waals surface area contributed by atoms with Crippen molar-refractivity contribution in [3.05, 3.63) is 44.8 Å². The maximum atomic E-state index is 12.0. The number of nitrogens with zero attached hydrogens (tertiary/aromatic N) is 1. The number of unbranched alkanes of at least 4 members (excludes halogenated alkanes) is 2. The van der Waals surface area contributed by atoms with Crippen LogP contribution in [-0.2, 0) is 4.79 Å². The molecular weight excluding hydrogens is 417 g/mol. The highest BCUT2D eigenvalue weighted by molar-refractivity contribution is 14.1. The first-order valence-electron chi connectivity index (χ1n) is 6.36. The number of Topliss-reactive ketones (excluding diaryl/α,β-unsaturated/α-hetero) is 1. The second-order valence-corrected chi connectivity index (χ2v) is 6.24. The Labute approximate surface area is 137 Å². The van der Waals surface area contributed by atoms with Crippen LogP contribution in [0.2, 0.25) is 0 Å². The second-order valence-electron chi connectivity index (χ2n) is 4.44. The molecule has 2 nitrogen and oxygen atoms in total. The molecule has 1 aromatic rings. The minimum atomic E-state index is -0.0120. The zero-order chi connectivity index (χ0) is 14.1. The minimum Gasteiger partial charge on any atom is -0.317 e. The van der Waals surface area contributed by atoms with Gasteiger partial charge in [-0.15, -0.1) is 0 Å². The van der Waals surface area contributed by atoms with Gasteiger partial charge in [0.15, 0.2) is 5.78 Å². The van der Waals surface area contributed by atoms with Gasteiger partial charge in [-0.2, -0.15) is 0 Å². The fourth-order valence-corrected chi connectivity index (χ4v) is 3.00. The summed E-state index contributed by atoms with van der Waals surface area (Å²) in [6.07, 6.45) is 3.84. The highest BCUT2D eigenvalue weighted by Crippen LogP contribution is 2.25. The lowest BCUT2D eigenvalue weighted by molar-refractivity contribution is -0.118. The van der Waals surface area contributed by atoms with Gasteiger partial charge in [-0.3, -0.25) is 4.79 Å². The third-order valence-electron chi connectivity index (χ3n) is 3.03. The summed E-state index contributed by atoms with van der Waals surface area (Å²) in [6, 6.07) is 8.16. The van der Waals surface area contributed by atoms with E-state index in [4.69, 9.17) is 6.57 Å². The number of benzene rings is 1. The normalized spacial score (nSPS) is 11.8. The smallest absolute Gasteiger partial charge is 0.214 e. The first-order chi connectivity index (χ1) is 9.19. The predicted octanol–water partition coefficient (Wildman–Crippen LogP) is 4.82. The highest BCUT2D eigenvalue weighted by Gasteiger charge is 2.19. The van der Waals surface area contributed by atoms with Crippen molar-refractivity contribution in [3.63, 3.8) is 0 Å². The van der Waals surface area contributed by atoms with Crippen LogP contribution in [0.3, 0.4) is 0 Å². The number of alkyl halides is 1. The summed E-state index contributed by atoms with van der Waals surface area (Å²) in [5, 5.41) is 0.408. The van der Waals surface area contributed by atoms with Gasteiger partial charge in [-0.25, -0.2) is 6.57 Å². The Balaban J connectivity index is 2.63. The van der Waals surface area contributed by atoms with Crippen molar-refractivity contribution in [1.29, 1.82) is 0 Å². The molecule has 102 valence electrons. The maximum absolute atomic E-state index is 12.0. The molecule has 1 rings (SSSR count). The summed E-state index contributed by atoms with van der Waals surface area (Å²) in [4.78, 5) is 15.4. The van der Waals surface area contributed by atoms with Crippen LogP contribution in [0.15, 0.2) is 24.3 Å². The lowest BCUT2D eigenvalue weighted by atomic mass is 9.90. The highest BCUT2D eigenvalue weighted by atomic mass is 127. The molecule has 1 aromatic carbocycles. The fraction of sp³-hybridized carbons (Fsp3) is 0.467. The molecule has 0 aliphatic carbocycles. The fourth-order valence-electron chi connectivity index (χ4n) is 2.05.